The molecule has 1 aromatic heterocycles. The zero-order valence-electron chi connectivity index (χ0n) is 6.49. The summed E-state index contributed by atoms with van der Waals surface area (Å²) >= 11 is 10.9. The van der Waals surface area contributed by atoms with Gasteiger partial charge in [0.2, 0.25) is 0 Å². The molecule has 0 bridgehead atoms. The number of alkyl halides is 4. The lowest BCUT2D eigenvalue weighted by Crippen LogP contribution is -2.08. The highest BCUT2D eigenvalue weighted by Crippen LogP contribution is 2.34. The third-order valence-electron chi connectivity index (χ3n) is 1.47. The molecular weight excluding hydrogens is 228 g/mol. The largest absolute Gasteiger partial charge is 0.435 e. The van der Waals surface area contributed by atoms with E-state index in [1.54, 1.807) is 0 Å². The fourth-order valence-electron chi connectivity index (χ4n) is 0.893. The Bertz CT molecular complexity index is 318. The molecule has 0 spiro atoms. The van der Waals surface area contributed by atoms with Crippen molar-refractivity contribution in [3.63, 3.8) is 0 Å². The molecule has 0 aliphatic rings. The van der Waals surface area contributed by atoms with Crippen LogP contribution in [0.25, 0.3) is 0 Å². The highest BCUT2D eigenvalue weighted by Gasteiger charge is 2.38. The van der Waals surface area contributed by atoms with Crippen LogP contribution in [-0.2, 0) is 19.1 Å². The van der Waals surface area contributed by atoms with Gasteiger partial charge in [-0.25, -0.2) is 0 Å². The lowest BCUT2D eigenvalue weighted by atomic mass is 10.3. The molecule has 0 N–H and O–H groups in total. The Labute approximate surface area is 82.2 Å². The number of halogens is 5. The summed E-state index contributed by atoms with van der Waals surface area (Å²) in [6.45, 7) is 0. The van der Waals surface area contributed by atoms with E-state index in [2.05, 4.69) is 5.10 Å². The quantitative estimate of drug-likeness (QED) is 0.682. The second-order valence-electron chi connectivity index (χ2n) is 2.37. The van der Waals surface area contributed by atoms with Crippen molar-refractivity contribution >= 4 is 23.2 Å². The van der Waals surface area contributed by atoms with E-state index < -0.39 is 11.9 Å². The zero-order chi connectivity index (χ0) is 10.2. The second-order valence-corrected chi connectivity index (χ2v) is 3.00. The molecule has 0 radical (unpaired) electrons. The molecule has 0 fully saturated rings. The van der Waals surface area contributed by atoms with Crippen LogP contribution in [0.4, 0.5) is 13.2 Å². The highest BCUT2D eigenvalue weighted by atomic mass is 35.5. The first kappa shape index (κ1) is 10.7. The van der Waals surface area contributed by atoms with Crippen molar-refractivity contribution in [2.45, 2.75) is 12.1 Å². The number of hydrogen-bond donors (Lipinski definition) is 0. The maximum atomic E-state index is 12.2. The predicted octanol–water partition coefficient (Wildman–Crippen LogP) is 2.83. The first-order chi connectivity index (χ1) is 5.88. The lowest BCUT2D eigenvalue weighted by Gasteiger charge is -2.02. The Morgan fingerprint density at radius 3 is 2.31 bits per heavy atom. The molecule has 1 heterocycles. The van der Waals surface area contributed by atoms with Crippen molar-refractivity contribution in [2.75, 3.05) is 0 Å². The monoisotopic (exact) mass is 232 g/mol. The van der Waals surface area contributed by atoms with Crippen LogP contribution in [0.15, 0.2) is 0 Å². The van der Waals surface area contributed by atoms with Gasteiger partial charge in [-0.05, 0) is 0 Å². The van der Waals surface area contributed by atoms with E-state index in [1.165, 1.54) is 7.05 Å². The van der Waals surface area contributed by atoms with Crippen LogP contribution in [0.2, 0.25) is 5.15 Å². The minimum Gasteiger partial charge on any atom is -0.256 e. The van der Waals surface area contributed by atoms with Gasteiger partial charge in [-0.1, -0.05) is 11.6 Å². The Morgan fingerprint density at radius 1 is 1.46 bits per heavy atom. The van der Waals surface area contributed by atoms with E-state index in [4.69, 9.17) is 23.2 Å². The van der Waals surface area contributed by atoms with Gasteiger partial charge in [-0.3, -0.25) is 4.68 Å². The van der Waals surface area contributed by atoms with E-state index >= 15 is 0 Å². The summed E-state index contributed by atoms with van der Waals surface area (Å²) < 4.78 is 37.7. The third-order valence-corrected chi connectivity index (χ3v) is 2.21. The molecule has 13 heavy (non-hydrogen) atoms. The molecule has 0 aliphatic carbocycles. The Morgan fingerprint density at radius 2 is 2.00 bits per heavy atom. The SMILES string of the molecule is Cn1nc(C(F)(F)F)c(CCl)c1Cl. The van der Waals surface area contributed by atoms with Crippen molar-refractivity contribution < 1.29 is 13.2 Å². The summed E-state index contributed by atoms with van der Waals surface area (Å²) in [4.78, 5) is 0. The fourth-order valence-corrected chi connectivity index (χ4v) is 1.41. The van der Waals surface area contributed by atoms with E-state index in [1.807, 2.05) is 0 Å². The summed E-state index contributed by atoms with van der Waals surface area (Å²) in [7, 11) is 1.33. The van der Waals surface area contributed by atoms with Crippen LogP contribution in [0.5, 0.6) is 0 Å². The molecular formula is C6H5Cl2F3N2. The molecule has 0 aliphatic heterocycles. The van der Waals surface area contributed by atoms with Crippen LogP contribution in [0.3, 0.4) is 0 Å². The first-order valence-electron chi connectivity index (χ1n) is 3.22. The summed E-state index contributed by atoms with van der Waals surface area (Å²) in [6.07, 6.45) is -4.50. The van der Waals surface area contributed by atoms with Gasteiger partial charge >= 0.3 is 6.18 Å². The van der Waals surface area contributed by atoms with Crippen LogP contribution in [0, 0.1) is 0 Å². The molecule has 74 valence electrons. The maximum absolute atomic E-state index is 12.2. The van der Waals surface area contributed by atoms with E-state index in [9.17, 15) is 13.2 Å². The second kappa shape index (κ2) is 3.38. The molecule has 0 amide bonds. The topological polar surface area (TPSA) is 17.8 Å². The minimum atomic E-state index is -4.50. The van der Waals surface area contributed by atoms with Crippen molar-refractivity contribution in [1.82, 2.24) is 9.78 Å². The zero-order valence-corrected chi connectivity index (χ0v) is 8.00. The number of aryl methyl sites for hydroxylation is 1. The number of hydrogen-bond acceptors (Lipinski definition) is 1. The molecule has 1 aromatic rings. The maximum Gasteiger partial charge on any atom is 0.435 e. The van der Waals surface area contributed by atoms with Gasteiger partial charge in [-0.15, -0.1) is 11.6 Å². The summed E-state index contributed by atoms with van der Waals surface area (Å²) in [5.74, 6) is -0.304. The normalized spacial score (nSPS) is 12.2. The van der Waals surface area contributed by atoms with Gasteiger partial charge in [0.25, 0.3) is 0 Å². The Hall–Kier alpha value is -0.420. The third kappa shape index (κ3) is 1.91. The average Bonchev–Trinajstić information content (AvgIpc) is 2.28. The minimum absolute atomic E-state index is 0.0812. The van der Waals surface area contributed by atoms with Gasteiger partial charge in [0.15, 0.2) is 5.69 Å². The fraction of sp³-hybridized carbons (Fsp3) is 0.500. The molecule has 0 saturated carbocycles. The van der Waals surface area contributed by atoms with E-state index in [-0.39, 0.29) is 16.6 Å². The van der Waals surface area contributed by atoms with Crippen LogP contribution < -0.4 is 0 Å². The van der Waals surface area contributed by atoms with Gasteiger partial charge in [0, 0.05) is 12.6 Å². The van der Waals surface area contributed by atoms with Crippen LogP contribution in [-0.4, -0.2) is 9.78 Å². The van der Waals surface area contributed by atoms with Gasteiger partial charge in [0.05, 0.1) is 5.88 Å². The first-order valence-corrected chi connectivity index (χ1v) is 4.13. The predicted molar refractivity (Wildman–Crippen MR) is 42.8 cm³/mol. The van der Waals surface area contributed by atoms with E-state index in [0.717, 1.165) is 4.68 Å². The molecule has 0 atom stereocenters. The van der Waals surface area contributed by atoms with E-state index in [0.29, 0.717) is 0 Å². The summed E-state index contributed by atoms with van der Waals surface area (Å²) in [5, 5.41) is 3.15. The number of aromatic nitrogens is 2. The number of rotatable bonds is 1. The van der Waals surface area contributed by atoms with Gasteiger partial charge in [0.1, 0.15) is 5.15 Å². The molecule has 2 nitrogen and oxygen atoms in total. The number of nitrogens with zero attached hydrogens (tertiary/aromatic N) is 2. The smallest absolute Gasteiger partial charge is 0.256 e. The Kier molecular flexibility index (Phi) is 2.77. The lowest BCUT2D eigenvalue weighted by molar-refractivity contribution is -0.141. The van der Waals surface area contributed by atoms with Crippen LogP contribution in [0.1, 0.15) is 11.3 Å². The molecule has 0 saturated heterocycles. The molecule has 1 rings (SSSR count). The summed E-state index contributed by atoms with van der Waals surface area (Å²) in [5.41, 5.74) is -1.20. The highest BCUT2D eigenvalue weighted by molar-refractivity contribution is 6.31. The van der Waals surface area contributed by atoms with Crippen molar-refractivity contribution in [1.29, 1.82) is 0 Å². The standard InChI is InChI=1S/C6H5Cl2F3N2/c1-13-5(8)3(2-7)4(12-13)6(9,10)11/h2H2,1H3. The van der Waals surface area contributed by atoms with Crippen molar-refractivity contribution in [3.8, 4) is 0 Å². The summed E-state index contributed by atoms with van der Waals surface area (Å²) in [6, 6.07) is 0. The molecule has 7 heteroatoms. The Balaban J connectivity index is 3.30. The molecule has 0 aromatic carbocycles. The van der Waals surface area contributed by atoms with Gasteiger partial charge < -0.3 is 0 Å². The van der Waals surface area contributed by atoms with Crippen molar-refractivity contribution in [3.05, 3.63) is 16.4 Å². The molecule has 0 unspecified atom stereocenters. The van der Waals surface area contributed by atoms with Gasteiger partial charge in [-0.2, -0.15) is 18.3 Å². The van der Waals surface area contributed by atoms with Crippen molar-refractivity contribution in [2.24, 2.45) is 7.05 Å². The average molecular weight is 233 g/mol. The van der Waals surface area contributed by atoms with Crippen LogP contribution >= 0.6 is 23.2 Å².